The van der Waals surface area contributed by atoms with E-state index < -0.39 is 0 Å². The van der Waals surface area contributed by atoms with Crippen LogP contribution in [0.4, 0.5) is 0 Å². The van der Waals surface area contributed by atoms with Crippen LogP contribution in [0, 0.1) is 0 Å². The molecule has 0 N–H and O–H groups in total. The first-order valence-corrected chi connectivity index (χ1v) is 9.08. The molecule has 0 aliphatic carbocycles. The van der Waals surface area contributed by atoms with Crippen molar-refractivity contribution in [3.8, 4) is 0 Å². The number of nitrogens with zero attached hydrogens (tertiary/aromatic N) is 2. The Morgan fingerprint density at radius 1 is 1.43 bits per heavy atom. The molecular weight excluding hydrogens is 284 g/mol. The summed E-state index contributed by atoms with van der Waals surface area (Å²) < 4.78 is 5.66. The number of rotatable bonds is 5. The minimum absolute atomic E-state index is 0.0317. The molecular formula is C16H26N2O2S. The van der Waals surface area contributed by atoms with E-state index in [-0.39, 0.29) is 5.91 Å². The fourth-order valence-electron chi connectivity index (χ4n) is 2.97. The zero-order valence-corrected chi connectivity index (χ0v) is 14.3. The largest absolute Gasteiger partial charge is 0.455 e. The molecule has 21 heavy (non-hydrogen) atoms. The van der Waals surface area contributed by atoms with Gasteiger partial charge in [-0.25, -0.2) is 0 Å². The third-order valence-corrected chi connectivity index (χ3v) is 4.68. The molecule has 2 heterocycles. The van der Waals surface area contributed by atoms with E-state index in [0.717, 1.165) is 37.6 Å². The van der Waals surface area contributed by atoms with Gasteiger partial charge in [-0.15, -0.1) is 0 Å². The number of thioether (sulfide) groups is 1. The zero-order valence-electron chi connectivity index (χ0n) is 13.5. The number of hydrogen-bond acceptors (Lipinski definition) is 4. The molecule has 2 rings (SSSR count). The summed E-state index contributed by atoms with van der Waals surface area (Å²) in [5.74, 6) is 2.20. The molecule has 1 aliphatic rings. The molecule has 0 aromatic carbocycles. The highest BCUT2D eigenvalue weighted by molar-refractivity contribution is 7.97. The smallest absolute Gasteiger partial charge is 0.289 e. The van der Waals surface area contributed by atoms with E-state index in [0.29, 0.717) is 17.8 Å². The van der Waals surface area contributed by atoms with Crippen LogP contribution in [0.1, 0.15) is 43.5 Å². The molecule has 1 aliphatic heterocycles. The van der Waals surface area contributed by atoms with Crippen LogP contribution in [0.15, 0.2) is 16.5 Å². The van der Waals surface area contributed by atoms with Crippen LogP contribution in [0.3, 0.4) is 0 Å². The lowest BCUT2D eigenvalue weighted by Crippen LogP contribution is -2.56. The fourth-order valence-corrected chi connectivity index (χ4v) is 3.41. The van der Waals surface area contributed by atoms with Crippen LogP contribution in [0.25, 0.3) is 0 Å². The molecule has 1 saturated heterocycles. The minimum Gasteiger partial charge on any atom is -0.455 e. The van der Waals surface area contributed by atoms with Crippen LogP contribution in [-0.2, 0) is 5.75 Å². The van der Waals surface area contributed by atoms with Crippen molar-refractivity contribution in [2.45, 2.75) is 45.0 Å². The molecule has 118 valence electrons. The quantitative estimate of drug-likeness (QED) is 0.837. The third kappa shape index (κ3) is 3.83. The number of carbonyl (C=O) groups excluding carboxylic acids is 1. The maximum Gasteiger partial charge on any atom is 0.289 e. The van der Waals surface area contributed by atoms with Crippen molar-refractivity contribution in [1.82, 2.24) is 9.80 Å². The molecule has 0 unspecified atom stereocenters. The molecule has 1 amide bonds. The maximum atomic E-state index is 12.6. The Morgan fingerprint density at radius 3 is 2.81 bits per heavy atom. The highest BCUT2D eigenvalue weighted by atomic mass is 32.2. The van der Waals surface area contributed by atoms with E-state index in [1.165, 1.54) is 0 Å². The Balaban J connectivity index is 2.03. The number of amides is 1. The molecule has 0 spiro atoms. The van der Waals surface area contributed by atoms with Crippen molar-refractivity contribution in [1.29, 1.82) is 0 Å². The molecule has 0 radical (unpaired) electrons. The summed E-state index contributed by atoms with van der Waals surface area (Å²) >= 11 is 1.70. The highest BCUT2D eigenvalue weighted by Gasteiger charge is 2.31. The maximum absolute atomic E-state index is 12.6. The monoisotopic (exact) mass is 310 g/mol. The van der Waals surface area contributed by atoms with Crippen molar-refractivity contribution in [3.05, 3.63) is 23.7 Å². The topological polar surface area (TPSA) is 36.7 Å². The highest BCUT2D eigenvalue weighted by Crippen LogP contribution is 2.20. The SMILES string of the molecule is CC[C@H]1CN(C(=O)c2ccc(CSC)o2)CCN1C(C)C. The molecule has 0 saturated carbocycles. The second-order valence-electron chi connectivity index (χ2n) is 5.84. The van der Waals surface area contributed by atoms with Gasteiger partial charge in [0.05, 0.1) is 5.75 Å². The molecule has 1 aromatic heterocycles. The molecule has 4 nitrogen and oxygen atoms in total. The van der Waals surface area contributed by atoms with Crippen molar-refractivity contribution < 1.29 is 9.21 Å². The Kier molecular flexibility index (Phi) is 5.76. The van der Waals surface area contributed by atoms with E-state index >= 15 is 0 Å². The van der Waals surface area contributed by atoms with E-state index in [1.807, 2.05) is 23.3 Å². The van der Waals surface area contributed by atoms with Gasteiger partial charge >= 0.3 is 0 Å². The fraction of sp³-hybridized carbons (Fsp3) is 0.688. The molecule has 1 fully saturated rings. The summed E-state index contributed by atoms with van der Waals surface area (Å²) in [6, 6.07) is 4.70. The predicted octanol–water partition coefficient (Wildman–Crippen LogP) is 3.09. The van der Waals surface area contributed by atoms with Crippen LogP contribution in [0.2, 0.25) is 0 Å². The number of furan rings is 1. The number of piperazine rings is 1. The molecule has 0 bridgehead atoms. The van der Waals surface area contributed by atoms with E-state index in [2.05, 4.69) is 25.7 Å². The van der Waals surface area contributed by atoms with Gasteiger partial charge in [-0.3, -0.25) is 9.69 Å². The van der Waals surface area contributed by atoms with Crippen molar-refractivity contribution in [3.63, 3.8) is 0 Å². The summed E-state index contributed by atoms with van der Waals surface area (Å²) in [6.45, 7) is 9.17. The average molecular weight is 310 g/mol. The van der Waals surface area contributed by atoms with E-state index in [9.17, 15) is 4.79 Å². The van der Waals surface area contributed by atoms with Crippen molar-refractivity contribution >= 4 is 17.7 Å². The predicted molar refractivity (Wildman–Crippen MR) is 87.8 cm³/mol. The lowest BCUT2D eigenvalue weighted by Gasteiger charge is -2.43. The van der Waals surface area contributed by atoms with Gasteiger partial charge in [0, 0.05) is 31.7 Å². The van der Waals surface area contributed by atoms with Gasteiger partial charge in [0.25, 0.3) is 5.91 Å². The summed E-state index contributed by atoms with van der Waals surface area (Å²) in [6.07, 6.45) is 3.10. The Labute approximate surface area is 131 Å². The van der Waals surface area contributed by atoms with Crippen LogP contribution < -0.4 is 0 Å². The van der Waals surface area contributed by atoms with Crippen LogP contribution in [0.5, 0.6) is 0 Å². The van der Waals surface area contributed by atoms with Crippen LogP contribution in [-0.4, -0.2) is 53.7 Å². The number of carbonyl (C=O) groups is 1. The van der Waals surface area contributed by atoms with Gasteiger partial charge in [0.1, 0.15) is 5.76 Å². The van der Waals surface area contributed by atoms with Crippen LogP contribution >= 0.6 is 11.8 Å². The first kappa shape index (κ1) is 16.4. The Hall–Kier alpha value is -0.940. The van der Waals surface area contributed by atoms with Crippen molar-refractivity contribution in [2.24, 2.45) is 0 Å². The lowest BCUT2D eigenvalue weighted by atomic mass is 10.1. The summed E-state index contributed by atoms with van der Waals surface area (Å²) in [5.41, 5.74) is 0. The first-order valence-electron chi connectivity index (χ1n) is 7.69. The summed E-state index contributed by atoms with van der Waals surface area (Å²) in [7, 11) is 0. The molecule has 5 heteroatoms. The lowest BCUT2D eigenvalue weighted by molar-refractivity contribution is 0.0348. The molecule has 1 aromatic rings. The van der Waals surface area contributed by atoms with Gasteiger partial charge in [-0.05, 0) is 38.7 Å². The van der Waals surface area contributed by atoms with Gasteiger partial charge in [0.15, 0.2) is 5.76 Å². The standard InChI is InChI=1S/C16H26N2O2S/c1-5-13-10-17(8-9-18(13)12(2)3)16(19)15-7-6-14(20-15)11-21-4/h6-7,12-13H,5,8-11H2,1-4H3/t13-/m0/s1. The molecule has 1 atom stereocenters. The second kappa shape index (κ2) is 7.36. The van der Waals surface area contributed by atoms with Gasteiger partial charge < -0.3 is 9.32 Å². The average Bonchev–Trinajstić information content (AvgIpc) is 2.94. The normalized spacial score (nSPS) is 20.2. The number of hydrogen-bond donors (Lipinski definition) is 0. The summed E-state index contributed by atoms with van der Waals surface area (Å²) in [5, 5.41) is 0. The van der Waals surface area contributed by atoms with E-state index in [1.54, 1.807) is 11.8 Å². The third-order valence-electron chi connectivity index (χ3n) is 4.11. The summed E-state index contributed by atoms with van der Waals surface area (Å²) in [4.78, 5) is 17.0. The van der Waals surface area contributed by atoms with Crippen molar-refractivity contribution in [2.75, 3.05) is 25.9 Å². The Morgan fingerprint density at radius 2 is 2.19 bits per heavy atom. The van der Waals surface area contributed by atoms with E-state index in [4.69, 9.17) is 4.42 Å². The van der Waals surface area contributed by atoms with Gasteiger partial charge in [-0.2, -0.15) is 11.8 Å². The Bertz CT molecular complexity index is 473. The minimum atomic E-state index is 0.0317. The zero-order chi connectivity index (χ0) is 15.4. The van der Waals surface area contributed by atoms with Gasteiger partial charge in [-0.1, -0.05) is 6.92 Å². The first-order chi connectivity index (χ1) is 10.1. The van der Waals surface area contributed by atoms with Gasteiger partial charge in [0.2, 0.25) is 0 Å². The second-order valence-corrected chi connectivity index (χ2v) is 6.71.